The van der Waals surface area contributed by atoms with Crippen molar-refractivity contribution in [2.24, 2.45) is 0 Å². The van der Waals surface area contributed by atoms with Gasteiger partial charge in [-0.2, -0.15) is 0 Å². The van der Waals surface area contributed by atoms with E-state index in [0.717, 1.165) is 13.1 Å². The number of amides is 1. The monoisotopic (exact) mass is 331 g/mol. The van der Waals surface area contributed by atoms with Gasteiger partial charge in [0, 0.05) is 25.8 Å². The van der Waals surface area contributed by atoms with Crippen LogP contribution < -0.4 is 5.32 Å². The van der Waals surface area contributed by atoms with Crippen LogP contribution in [0.1, 0.15) is 30.9 Å². The molecule has 2 rings (SSSR count). The summed E-state index contributed by atoms with van der Waals surface area (Å²) in [6, 6.07) is 0.652. The third-order valence-corrected chi connectivity index (χ3v) is 4.09. The molecule has 2 heterocycles. The van der Waals surface area contributed by atoms with Crippen LogP contribution in [0.25, 0.3) is 0 Å². The summed E-state index contributed by atoms with van der Waals surface area (Å²) < 4.78 is 13.5. The van der Waals surface area contributed by atoms with Gasteiger partial charge in [-0.3, -0.25) is 0 Å². The van der Waals surface area contributed by atoms with E-state index in [4.69, 9.17) is 16.7 Å². The number of hydrogen-bond acceptors (Lipinski definition) is 4. The first kappa shape index (κ1) is 16.9. The molecule has 0 saturated carbocycles. The lowest BCUT2D eigenvalue weighted by Crippen LogP contribution is -2.38. The summed E-state index contributed by atoms with van der Waals surface area (Å²) in [4.78, 5) is 16.8. The van der Waals surface area contributed by atoms with Crippen LogP contribution in [0.3, 0.4) is 0 Å². The van der Waals surface area contributed by atoms with E-state index in [2.05, 4.69) is 15.2 Å². The number of likely N-dealkylation sites (tertiary alicyclic amines) is 1. The van der Waals surface area contributed by atoms with E-state index in [1.54, 1.807) is 0 Å². The molecule has 0 unspecified atom stereocenters. The standard InChI is InChI=1S/C14H19ClFN3O3/c15-13-11(16)7-9(8-17-13)12(18-14(21)22)3-6-19-4-1-10(20)2-5-19/h7-8,10,12,18,20H,1-6H2,(H,21,22)/t12-/m1/s1. The summed E-state index contributed by atoms with van der Waals surface area (Å²) in [5.74, 6) is -0.669. The van der Waals surface area contributed by atoms with Gasteiger partial charge in [-0.25, -0.2) is 14.2 Å². The molecule has 3 N–H and O–H groups in total. The number of nitrogens with zero attached hydrogens (tertiary/aromatic N) is 2. The average Bonchev–Trinajstić information content (AvgIpc) is 2.48. The van der Waals surface area contributed by atoms with Gasteiger partial charge in [0.25, 0.3) is 0 Å². The van der Waals surface area contributed by atoms with Crippen molar-refractivity contribution in [2.45, 2.75) is 31.4 Å². The van der Waals surface area contributed by atoms with Crippen LogP contribution in [0.15, 0.2) is 12.3 Å². The van der Waals surface area contributed by atoms with E-state index in [-0.39, 0.29) is 11.3 Å². The Labute approximate surface area is 132 Å². The summed E-state index contributed by atoms with van der Waals surface area (Å²) in [5, 5.41) is 20.6. The molecule has 0 spiro atoms. The molecule has 0 radical (unpaired) electrons. The van der Waals surface area contributed by atoms with Gasteiger partial charge in [0.05, 0.1) is 12.1 Å². The first-order valence-corrected chi connectivity index (χ1v) is 7.54. The topological polar surface area (TPSA) is 85.7 Å². The van der Waals surface area contributed by atoms with Crippen molar-refractivity contribution in [2.75, 3.05) is 19.6 Å². The summed E-state index contributed by atoms with van der Waals surface area (Å²) in [7, 11) is 0. The minimum atomic E-state index is -1.17. The Bertz CT molecular complexity index is 524. The van der Waals surface area contributed by atoms with Gasteiger partial charge in [-0.1, -0.05) is 11.6 Å². The molecule has 122 valence electrons. The van der Waals surface area contributed by atoms with Crippen molar-refractivity contribution in [1.82, 2.24) is 15.2 Å². The quantitative estimate of drug-likeness (QED) is 0.719. The number of nitrogens with one attached hydrogen (secondary N) is 1. The van der Waals surface area contributed by atoms with Crippen LogP contribution >= 0.6 is 11.6 Å². The lowest BCUT2D eigenvalue weighted by Gasteiger charge is -2.30. The highest BCUT2D eigenvalue weighted by atomic mass is 35.5. The molecule has 1 atom stereocenters. The molecule has 0 aromatic carbocycles. The number of rotatable bonds is 5. The first-order valence-electron chi connectivity index (χ1n) is 7.16. The fourth-order valence-electron chi connectivity index (χ4n) is 2.55. The second-order valence-electron chi connectivity index (χ2n) is 5.40. The number of aliphatic hydroxyl groups is 1. The zero-order chi connectivity index (χ0) is 16.1. The van der Waals surface area contributed by atoms with Crippen LogP contribution in [0, 0.1) is 5.82 Å². The predicted octanol–water partition coefficient (Wildman–Crippen LogP) is 2.03. The summed E-state index contributed by atoms with van der Waals surface area (Å²) in [6.07, 6.45) is 1.88. The minimum absolute atomic E-state index is 0.233. The number of carbonyl (C=O) groups is 1. The van der Waals surface area contributed by atoms with Crippen LogP contribution in [-0.2, 0) is 0 Å². The van der Waals surface area contributed by atoms with Gasteiger partial charge < -0.3 is 20.4 Å². The lowest BCUT2D eigenvalue weighted by atomic mass is 10.0. The molecule has 0 bridgehead atoms. The Balaban J connectivity index is 1.99. The maximum atomic E-state index is 13.5. The van der Waals surface area contributed by atoms with Gasteiger partial charge >= 0.3 is 6.09 Å². The molecule has 1 aromatic heterocycles. The second-order valence-corrected chi connectivity index (χ2v) is 5.76. The predicted molar refractivity (Wildman–Crippen MR) is 79.4 cm³/mol. The third kappa shape index (κ3) is 4.79. The van der Waals surface area contributed by atoms with Crippen molar-refractivity contribution in [3.05, 3.63) is 28.8 Å². The second kappa shape index (κ2) is 7.71. The summed E-state index contributed by atoms with van der Waals surface area (Å²) >= 11 is 5.55. The SMILES string of the molecule is O=C(O)N[C@H](CCN1CCC(O)CC1)c1cnc(Cl)c(F)c1. The highest BCUT2D eigenvalue weighted by molar-refractivity contribution is 6.29. The highest BCUT2D eigenvalue weighted by Crippen LogP contribution is 2.21. The summed E-state index contributed by atoms with van der Waals surface area (Å²) in [6.45, 7) is 2.20. The summed E-state index contributed by atoms with van der Waals surface area (Å²) in [5.41, 5.74) is 0.446. The maximum absolute atomic E-state index is 13.5. The van der Waals surface area contributed by atoms with Crippen LogP contribution in [0.5, 0.6) is 0 Å². The number of aromatic nitrogens is 1. The van der Waals surface area contributed by atoms with Gasteiger partial charge in [0.2, 0.25) is 0 Å². The Hall–Kier alpha value is -1.44. The van der Waals surface area contributed by atoms with Crippen molar-refractivity contribution in [1.29, 1.82) is 0 Å². The number of carboxylic acid groups (broad SMARTS) is 1. The molecular weight excluding hydrogens is 313 g/mol. The third-order valence-electron chi connectivity index (χ3n) is 3.81. The smallest absolute Gasteiger partial charge is 0.405 e. The van der Waals surface area contributed by atoms with Crippen molar-refractivity contribution in [3.63, 3.8) is 0 Å². The van der Waals surface area contributed by atoms with Crippen molar-refractivity contribution < 1.29 is 19.4 Å². The minimum Gasteiger partial charge on any atom is -0.465 e. The molecule has 22 heavy (non-hydrogen) atoms. The number of aliphatic hydroxyl groups excluding tert-OH is 1. The average molecular weight is 332 g/mol. The largest absolute Gasteiger partial charge is 0.465 e. The van der Waals surface area contributed by atoms with E-state index in [1.165, 1.54) is 12.3 Å². The molecule has 1 aliphatic rings. The molecule has 1 aromatic rings. The number of pyridine rings is 1. The van der Waals surface area contributed by atoms with Crippen LogP contribution in [0.2, 0.25) is 5.15 Å². The molecule has 1 amide bonds. The molecule has 1 saturated heterocycles. The van der Waals surface area contributed by atoms with E-state index >= 15 is 0 Å². The van der Waals surface area contributed by atoms with E-state index in [0.29, 0.717) is 31.4 Å². The number of halogens is 2. The molecule has 0 aliphatic carbocycles. The Morgan fingerprint density at radius 2 is 2.23 bits per heavy atom. The molecule has 8 heteroatoms. The molecule has 1 aliphatic heterocycles. The fraction of sp³-hybridized carbons (Fsp3) is 0.571. The van der Waals surface area contributed by atoms with Gasteiger partial charge in [0.1, 0.15) is 0 Å². The first-order chi connectivity index (χ1) is 10.5. The molecule has 1 fully saturated rings. The van der Waals surface area contributed by atoms with E-state index in [9.17, 15) is 14.3 Å². The van der Waals surface area contributed by atoms with Crippen molar-refractivity contribution >= 4 is 17.7 Å². The van der Waals surface area contributed by atoms with Gasteiger partial charge in [0.15, 0.2) is 11.0 Å². The maximum Gasteiger partial charge on any atom is 0.405 e. The van der Waals surface area contributed by atoms with E-state index < -0.39 is 18.0 Å². The van der Waals surface area contributed by atoms with Gasteiger partial charge in [-0.15, -0.1) is 0 Å². The molecular formula is C14H19ClFN3O3. The Morgan fingerprint density at radius 3 is 2.82 bits per heavy atom. The van der Waals surface area contributed by atoms with Crippen LogP contribution in [-0.4, -0.2) is 51.9 Å². The highest BCUT2D eigenvalue weighted by Gasteiger charge is 2.21. The van der Waals surface area contributed by atoms with Gasteiger partial charge in [-0.05, 0) is 30.9 Å². The fourth-order valence-corrected chi connectivity index (χ4v) is 2.66. The Morgan fingerprint density at radius 1 is 1.55 bits per heavy atom. The Kier molecular flexibility index (Phi) is 5.93. The van der Waals surface area contributed by atoms with Crippen LogP contribution in [0.4, 0.5) is 9.18 Å². The normalized spacial score (nSPS) is 18.1. The van der Waals surface area contributed by atoms with Crippen molar-refractivity contribution in [3.8, 4) is 0 Å². The molecule has 6 nitrogen and oxygen atoms in total. The zero-order valence-electron chi connectivity index (χ0n) is 12.0. The lowest BCUT2D eigenvalue weighted by molar-refractivity contribution is 0.0806. The van der Waals surface area contributed by atoms with E-state index in [1.807, 2.05) is 0 Å². The number of hydrogen-bond donors (Lipinski definition) is 3. The zero-order valence-corrected chi connectivity index (χ0v) is 12.8. The number of piperidine rings is 1.